The number of carbonyl (C=O) groups excluding carboxylic acids is 1. The number of ether oxygens (including phenoxy) is 1. The molecule has 3 nitrogen and oxygen atoms in total. The molecule has 0 bridgehead atoms. The first kappa shape index (κ1) is 15.1. The number of carbonyl (C=O) groups is 1. The highest BCUT2D eigenvalue weighted by Crippen LogP contribution is 2.32. The Morgan fingerprint density at radius 1 is 1.40 bits per heavy atom. The van der Waals surface area contributed by atoms with Crippen molar-refractivity contribution < 1.29 is 22.7 Å². The van der Waals surface area contributed by atoms with Crippen molar-refractivity contribution in [3.05, 3.63) is 35.4 Å². The molecule has 0 saturated carbocycles. The van der Waals surface area contributed by atoms with Crippen LogP contribution in [0.25, 0.3) is 0 Å². The second-order valence-electron chi connectivity index (χ2n) is 4.44. The molecule has 20 heavy (non-hydrogen) atoms. The fourth-order valence-electron chi connectivity index (χ4n) is 2.08. The number of hydrogen-bond acceptors (Lipinski definition) is 2. The Labute approximate surface area is 119 Å². The normalized spacial score (nSPS) is 20.0. The molecule has 1 aliphatic heterocycles. The zero-order valence-corrected chi connectivity index (χ0v) is 11.2. The second kappa shape index (κ2) is 6.01. The van der Waals surface area contributed by atoms with Gasteiger partial charge in [-0.25, -0.2) is 0 Å². The molecule has 1 atom stereocenters. The van der Waals surface area contributed by atoms with Gasteiger partial charge in [-0.3, -0.25) is 4.79 Å². The molecule has 1 aliphatic rings. The lowest BCUT2D eigenvalue weighted by Gasteiger charge is -2.32. The van der Waals surface area contributed by atoms with Crippen LogP contribution in [0.15, 0.2) is 24.3 Å². The minimum Gasteiger partial charge on any atom is -0.373 e. The van der Waals surface area contributed by atoms with E-state index in [4.69, 9.17) is 16.3 Å². The van der Waals surface area contributed by atoms with Gasteiger partial charge in [-0.2, -0.15) is 13.2 Å². The average Bonchev–Trinajstić information content (AvgIpc) is 2.45. The lowest BCUT2D eigenvalue weighted by atomic mass is 10.1. The molecule has 1 fully saturated rings. The average molecular weight is 308 g/mol. The summed E-state index contributed by atoms with van der Waals surface area (Å²) in [6.07, 6.45) is -4.89. The molecule has 0 radical (unpaired) electrons. The predicted molar refractivity (Wildman–Crippen MR) is 67.8 cm³/mol. The van der Waals surface area contributed by atoms with Crippen LogP contribution in [0, 0.1) is 0 Å². The molecule has 1 aromatic carbocycles. The van der Waals surface area contributed by atoms with Crippen LogP contribution in [-0.2, 0) is 10.9 Å². The summed E-state index contributed by atoms with van der Waals surface area (Å²) in [5.74, 6) is -0.443. The molecule has 110 valence electrons. The minimum absolute atomic E-state index is 0.199. The molecule has 1 amide bonds. The van der Waals surface area contributed by atoms with Gasteiger partial charge in [0.05, 0.1) is 29.7 Å². The molecule has 7 heteroatoms. The van der Waals surface area contributed by atoms with Crippen molar-refractivity contribution in [1.29, 1.82) is 0 Å². The van der Waals surface area contributed by atoms with Gasteiger partial charge in [0.15, 0.2) is 0 Å². The lowest BCUT2D eigenvalue weighted by Crippen LogP contribution is -2.46. The van der Waals surface area contributed by atoms with Crippen molar-refractivity contribution in [1.82, 2.24) is 4.90 Å². The SMILES string of the molecule is O=C(c1ccccc1C(F)(F)F)N1CCOC(CCl)C1. The smallest absolute Gasteiger partial charge is 0.373 e. The van der Waals surface area contributed by atoms with E-state index in [0.717, 1.165) is 6.07 Å². The van der Waals surface area contributed by atoms with Crippen molar-refractivity contribution in [2.45, 2.75) is 12.3 Å². The third kappa shape index (κ3) is 3.24. The Morgan fingerprint density at radius 2 is 2.10 bits per heavy atom. The molecule has 0 aromatic heterocycles. The Hall–Kier alpha value is -1.27. The van der Waals surface area contributed by atoms with Gasteiger partial charge in [0.1, 0.15) is 0 Å². The largest absolute Gasteiger partial charge is 0.417 e. The number of benzene rings is 1. The summed E-state index contributed by atoms with van der Waals surface area (Å²) in [6.45, 7) is 0.740. The van der Waals surface area contributed by atoms with Gasteiger partial charge in [-0.1, -0.05) is 12.1 Å². The summed E-state index contributed by atoms with van der Waals surface area (Å²) < 4.78 is 44.0. The number of amides is 1. The molecule has 1 heterocycles. The molecule has 1 saturated heterocycles. The van der Waals surface area contributed by atoms with Crippen LogP contribution in [0.2, 0.25) is 0 Å². The number of nitrogens with zero attached hydrogens (tertiary/aromatic N) is 1. The van der Waals surface area contributed by atoms with Gasteiger partial charge < -0.3 is 9.64 Å². The molecular weight excluding hydrogens is 295 g/mol. The summed E-state index contributed by atoms with van der Waals surface area (Å²) >= 11 is 5.66. The van der Waals surface area contributed by atoms with E-state index in [0.29, 0.717) is 0 Å². The van der Waals surface area contributed by atoms with Gasteiger partial charge in [0.25, 0.3) is 5.91 Å². The molecule has 1 unspecified atom stereocenters. The first-order chi connectivity index (χ1) is 9.43. The Morgan fingerprint density at radius 3 is 2.75 bits per heavy atom. The Bertz CT molecular complexity index is 493. The van der Waals surface area contributed by atoms with Crippen molar-refractivity contribution in [2.75, 3.05) is 25.6 Å². The second-order valence-corrected chi connectivity index (χ2v) is 4.75. The van der Waals surface area contributed by atoms with E-state index >= 15 is 0 Å². The Balaban J connectivity index is 2.25. The maximum Gasteiger partial charge on any atom is 0.417 e. The van der Waals surface area contributed by atoms with Crippen molar-refractivity contribution in [2.24, 2.45) is 0 Å². The van der Waals surface area contributed by atoms with E-state index in [1.807, 2.05) is 0 Å². The molecule has 0 aliphatic carbocycles. The van der Waals surface area contributed by atoms with Crippen molar-refractivity contribution >= 4 is 17.5 Å². The zero-order chi connectivity index (χ0) is 14.8. The molecule has 2 rings (SSSR count). The first-order valence-corrected chi connectivity index (χ1v) is 6.60. The molecule has 1 aromatic rings. The van der Waals surface area contributed by atoms with E-state index in [-0.39, 0.29) is 37.2 Å². The van der Waals surface area contributed by atoms with Crippen LogP contribution in [0.5, 0.6) is 0 Å². The summed E-state index contributed by atoms with van der Waals surface area (Å²) in [5.41, 5.74) is -1.26. The standard InChI is InChI=1S/C13H13ClF3NO2/c14-7-9-8-18(5-6-20-9)12(19)10-3-1-2-4-11(10)13(15,16)17/h1-4,9H,5-8H2. The van der Waals surface area contributed by atoms with Gasteiger partial charge in [-0.15, -0.1) is 11.6 Å². The highest BCUT2D eigenvalue weighted by molar-refractivity contribution is 6.18. The number of halogens is 4. The first-order valence-electron chi connectivity index (χ1n) is 6.06. The quantitative estimate of drug-likeness (QED) is 0.786. The highest BCUT2D eigenvalue weighted by atomic mass is 35.5. The van der Waals surface area contributed by atoms with Crippen LogP contribution in [0.4, 0.5) is 13.2 Å². The topological polar surface area (TPSA) is 29.5 Å². The van der Waals surface area contributed by atoms with Crippen LogP contribution < -0.4 is 0 Å². The summed E-state index contributed by atoms with van der Waals surface area (Å²) in [5, 5.41) is 0. The van der Waals surface area contributed by atoms with E-state index in [9.17, 15) is 18.0 Å². The van der Waals surface area contributed by atoms with Crippen LogP contribution in [0.1, 0.15) is 15.9 Å². The van der Waals surface area contributed by atoms with Gasteiger partial charge >= 0.3 is 6.18 Å². The summed E-state index contributed by atoms with van der Waals surface area (Å²) in [4.78, 5) is 13.6. The fourth-order valence-corrected chi connectivity index (χ4v) is 2.27. The zero-order valence-electron chi connectivity index (χ0n) is 10.5. The van der Waals surface area contributed by atoms with Crippen LogP contribution in [0.3, 0.4) is 0 Å². The molecule has 0 N–H and O–H groups in total. The van der Waals surface area contributed by atoms with E-state index in [2.05, 4.69) is 0 Å². The lowest BCUT2D eigenvalue weighted by molar-refractivity contribution is -0.138. The molecule has 0 spiro atoms. The van der Waals surface area contributed by atoms with Gasteiger partial charge in [0, 0.05) is 13.1 Å². The van der Waals surface area contributed by atoms with Crippen LogP contribution in [-0.4, -0.2) is 42.5 Å². The third-order valence-electron chi connectivity index (χ3n) is 3.06. The fraction of sp³-hybridized carbons (Fsp3) is 0.462. The van der Waals surface area contributed by atoms with Gasteiger partial charge in [-0.05, 0) is 12.1 Å². The number of rotatable bonds is 2. The maximum absolute atomic E-state index is 12.9. The van der Waals surface area contributed by atoms with E-state index in [1.165, 1.54) is 23.1 Å². The monoisotopic (exact) mass is 307 g/mol. The van der Waals surface area contributed by atoms with Crippen molar-refractivity contribution in [3.8, 4) is 0 Å². The number of alkyl halides is 4. The van der Waals surface area contributed by atoms with E-state index < -0.39 is 17.6 Å². The Kier molecular flexibility index (Phi) is 4.55. The number of morpholine rings is 1. The highest BCUT2D eigenvalue weighted by Gasteiger charge is 2.36. The molecular formula is C13H13ClF3NO2. The van der Waals surface area contributed by atoms with E-state index in [1.54, 1.807) is 0 Å². The maximum atomic E-state index is 12.9. The summed E-state index contributed by atoms with van der Waals surface area (Å²) in [7, 11) is 0. The van der Waals surface area contributed by atoms with Gasteiger partial charge in [0.2, 0.25) is 0 Å². The summed E-state index contributed by atoms with van der Waals surface area (Å²) in [6, 6.07) is 4.78. The third-order valence-corrected chi connectivity index (χ3v) is 3.41. The number of hydrogen-bond donors (Lipinski definition) is 0. The van der Waals surface area contributed by atoms with Crippen LogP contribution >= 0.6 is 11.6 Å². The minimum atomic E-state index is -4.55. The van der Waals surface area contributed by atoms with Crippen molar-refractivity contribution in [3.63, 3.8) is 0 Å². The predicted octanol–water partition coefficient (Wildman–Crippen LogP) is 2.79.